The maximum Gasteiger partial charge on any atom is 0.573 e. The van der Waals surface area contributed by atoms with E-state index in [1.54, 1.807) is 6.07 Å². The van der Waals surface area contributed by atoms with Crippen LogP contribution in [0, 0.1) is 0 Å². The molecule has 2 aromatic carbocycles. The van der Waals surface area contributed by atoms with E-state index in [1.807, 2.05) is 42.3 Å². The molecule has 2 aromatic rings. The SMILES string of the molecule is CN1[C@@H](CCC(=O)NCc2ccccc2)CNC(=O)[C@@H]2[C@H]1CCN2Cc1cccc(OC(F)(F)F)c1. The molecule has 0 spiro atoms. The van der Waals surface area contributed by atoms with Gasteiger partial charge in [-0.15, -0.1) is 13.2 Å². The highest BCUT2D eigenvalue weighted by atomic mass is 19.4. The number of carbonyl (C=O) groups is 2. The van der Waals surface area contributed by atoms with E-state index < -0.39 is 12.4 Å². The molecule has 0 radical (unpaired) electrons. The van der Waals surface area contributed by atoms with Gasteiger partial charge in [-0.05, 0) is 43.1 Å². The Kier molecular flexibility index (Phi) is 8.15. The van der Waals surface area contributed by atoms with Crippen molar-refractivity contribution >= 4 is 11.8 Å². The number of amides is 2. The largest absolute Gasteiger partial charge is 0.573 e. The molecular formula is C26H31F3N4O3. The molecule has 36 heavy (non-hydrogen) atoms. The molecule has 0 unspecified atom stereocenters. The standard InChI is InChI=1S/C26H31F3N4O3/c1-32-20(10-11-23(34)30-15-18-6-3-2-4-7-18)16-31-25(35)24-22(32)12-13-33(24)17-19-8-5-9-21(14-19)36-26(27,28)29/h2-9,14,20,22,24H,10-13,15-17H2,1H3,(H,30,34)(H,31,35)/t20-,22+,24-/m0/s1. The highest BCUT2D eigenvalue weighted by molar-refractivity contribution is 5.83. The van der Waals surface area contributed by atoms with Crippen molar-refractivity contribution in [1.82, 2.24) is 20.4 Å². The number of hydrogen-bond donors (Lipinski definition) is 2. The second-order valence-corrected chi connectivity index (χ2v) is 9.33. The summed E-state index contributed by atoms with van der Waals surface area (Å²) in [7, 11) is 1.98. The second kappa shape index (κ2) is 11.3. The number of halogens is 3. The number of fused-ring (bicyclic) bond motifs is 1. The van der Waals surface area contributed by atoms with Crippen LogP contribution in [0.5, 0.6) is 5.75 Å². The average molecular weight is 505 g/mol. The van der Waals surface area contributed by atoms with Crippen LogP contribution in [0.1, 0.15) is 30.4 Å². The lowest BCUT2D eigenvalue weighted by molar-refractivity contribution is -0.274. The Hall–Kier alpha value is -3.11. The fourth-order valence-corrected chi connectivity index (χ4v) is 5.08. The van der Waals surface area contributed by atoms with E-state index in [4.69, 9.17) is 0 Å². The average Bonchev–Trinajstić information content (AvgIpc) is 3.20. The molecule has 2 aliphatic heterocycles. The lowest BCUT2D eigenvalue weighted by atomic mass is 10.0. The van der Waals surface area contributed by atoms with Gasteiger partial charge in [-0.1, -0.05) is 42.5 Å². The molecule has 0 aliphatic carbocycles. The van der Waals surface area contributed by atoms with Gasteiger partial charge in [0.2, 0.25) is 11.8 Å². The highest BCUT2D eigenvalue weighted by Gasteiger charge is 2.45. The maximum absolute atomic E-state index is 13.0. The fraction of sp³-hybridized carbons (Fsp3) is 0.462. The monoisotopic (exact) mass is 504 g/mol. The van der Waals surface area contributed by atoms with E-state index in [2.05, 4.69) is 20.3 Å². The van der Waals surface area contributed by atoms with Gasteiger partial charge >= 0.3 is 6.36 Å². The van der Waals surface area contributed by atoms with Crippen LogP contribution in [-0.4, -0.2) is 66.2 Å². The van der Waals surface area contributed by atoms with Gasteiger partial charge in [0.15, 0.2) is 0 Å². The first-order valence-corrected chi connectivity index (χ1v) is 12.1. The van der Waals surface area contributed by atoms with E-state index in [0.29, 0.717) is 44.6 Å². The summed E-state index contributed by atoms with van der Waals surface area (Å²) in [6, 6.07) is 15.1. The van der Waals surface area contributed by atoms with Crippen molar-refractivity contribution in [1.29, 1.82) is 0 Å². The number of ether oxygens (including phenoxy) is 1. The Morgan fingerprint density at radius 3 is 2.64 bits per heavy atom. The van der Waals surface area contributed by atoms with Crippen LogP contribution in [0.15, 0.2) is 54.6 Å². The normalized spacial score (nSPS) is 23.0. The number of rotatable bonds is 8. The third-order valence-corrected chi connectivity index (χ3v) is 6.90. The number of likely N-dealkylation sites (tertiary alicyclic amines) is 1. The van der Waals surface area contributed by atoms with Gasteiger partial charge in [-0.25, -0.2) is 0 Å². The summed E-state index contributed by atoms with van der Waals surface area (Å²) in [5.41, 5.74) is 1.68. The zero-order valence-corrected chi connectivity index (χ0v) is 20.1. The second-order valence-electron chi connectivity index (χ2n) is 9.33. The number of nitrogens with one attached hydrogen (secondary N) is 2. The molecule has 0 saturated carbocycles. The summed E-state index contributed by atoms with van der Waals surface area (Å²) in [6.45, 7) is 1.90. The minimum atomic E-state index is -4.76. The Morgan fingerprint density at radius 2 is 1.89 bits per heavy atom. The van der Waals surface area contributed by atoms with Crippen molar-refractivity contribution in [2.45, 2.75) is 56.8 Å². The van der Waals surface area contributed by atoms with E-state index in [-0.39, 0.29) is 29.6 Å². The quantitative estimate of drug-likeness (QED) is 0.578. The maximum atomic E-state index is 13.0. The Morgan fingerprint density at radius 1 is 1.14 bits per heavy atom. The predicted octanol–water partition coefficient (Wildman–Crippen LogP) is 3.05. The van der Waals surface area contributed by atoms with Gasteiger partial charge in [0.05, 0.1) is 0 Å². The molecule has 10 heteroatoms. The van der Waals surface area contributed by atoms with Crippen LogP contribution in [-0.2, 0) is 22.7 Å². The molecule has 2 N–H and O–H groups in total. The third kappa shape index (κ3) is 6.76. The van der Waals surface area contributed by atoms with E-state index in [9.17, 15) is 22.8 Å². The van der Waals surface area contributed by atoms with Crippen LogP contribution in [0.4, 0.5) is 13.2 Å². The molecule has 3 atom stereocenters. The Labute approximate surface area is 208 Å². The third-order valence-electron chi connectivity index (χ3n) is 6.90. The minimum absolute atomic E-state index is 0.00916. The first-order valence-electron chi connectivity index (χ1n) is 12.1. The summed E-state index contributed by atoms with van der Waals surface area (Å²) in [5.74, 6) is -0.403. The highest BCUT2D eigenvalue weighted by Crippen LogP contribution is 2.30. The Balaban J connectivity index is 1.34. The summed E-state index contributed by atoms with van der Waals surface area (Å²) in [4.78, 5) is 29.6. The molecule has 194 valence electrons. The number of benzene rings is 2. The van der Waals surface area contributed by atoms with Gasteiger partial charge in [-0.3, -0.25) is 19.4 Å². The first kappa shape index (κ1) is 26.0. The number of nitrogens with zero attached hydrogens (tertiary/aromatic N) is 2. The van der Waals surface area contributed by atoms with Gasteiger partial charge in [0.1, 0.15) is 11.8 Å². The van der Waals surface area contributed by atoms with Crippen LogP contribution in [0.25, 0.3) is 0 Å². The number of likely N-dealkylation sites (N-methyl/N-ethyl adjacent to an activating group) is 1. The number of carbonyl (C=O) groups excluding carboxylic acids is 2. The molecule has 2 aliphatic rings. The molecule has 0 bridgehead atoms. The van der Waals surface area contributed by atoms with Crippen molar-refractivity contribution in [2.75, 3.05) is 20.1 Å². The van der Waals surface area contributed by atoms with Crippen molar-refractivity contribution < 1.29 is 27.5 Å². The topological polar surface area (TPSA) is 73.9 Å². The lowest BCUT2D eigenvalue weighted by Gasteiger charge is -2.33. The van der Waals surface area contributed by atoms with Crippen LogP contribution < -0.4 is 15.4 Å². The van der Waals surface area contributed by atoms with Crippen LogP contribution in [0.3, 0.4) is 0 Å². The summed E-state index contributed by atoms with van der Waals surface area (Å²) in [5, 5.41) is 5.95. The molecular weight excluding hydrogens is 473 g/mol. The van der Waals surface area contributed by atoms with Gasteiger partial charge in [0.25, 0.3) is 0 Å². The zero-order chi connectivity index (χ0) is 25.7. The predicted molar refractivity (Wildman–Crippen MR) is 128 cm³/mol. The Bertz CT molecular complexity index is 1050. The smallest absolute Gasteiger partial charge is 0.406 e. The summed E-state index contributed by atoms with van der Waals surface area (Å²) >= 11 is 0. The van der Waals surface area contributed by atoms with Crippen molar-refractivity contribution in [3.05, 3.63) is 65.7 Å². The van der Waals surface area contributed by atoms with Crippen molar-refractivity contribution in [3.8, 4) is 5.75 Å². The number of alkyl halides is 3. The van der Waals surface area contributed by atoms with Crippen LogP contribution in [0.2, 0.25) is 0 Å². The van der Waals surface area contributed by atoms with Gasteiger partial charge in [0, 0.05) is 44.7 Å². The van der Waals surface area contributed by atoms with Gasteiger partial charge in [-0.2, -0.15) is 0 Å². The van der Waals surface area contributed by atoms with Crippen LogP contribution >= 0.6 is 0 Å². The molecule has 2 saturated heterocycles. The summed E-state index contributed by atoms with van der Waals surface area (Å²) < 4.78 is 41.8. The minimum Gasteiger partial charge on any atom is -0.406 e. The van der Waals surface area contributed by atoms with Crippen molar-refractivity contribution in [2.24, 2.45) is 0 Å². The van der Waals surface area contributed by atoms with E-state index in [1.165, 1.54) is 18.2 Å². The fourth-order valence-electron chi connectivity index (χ4n) is 5.08. The first-order chi connectivity index (χ1) is 17.2. The molecule has 2 amide bonds. The molecule has 2 fully saturated rings. The lowest BCUT2D eigenvalue weighted by Crippen LogP contribution is -2.49. The number of hydrogen-bond acceptors (Lipinski definition) is 5. The summed E-state index contributed by atoms with van der Waals surface area (Å²) in [6.07, 6.45) is -3.04. The molecule has 4 rings (SSSR count). The van der Waals surface area contributed by atoms with E-state index in [0.717, 1.165) is 12.0 Å². The molecule has 7 nitrogen and oxygen atoms in total. The molecule has 0 aromatic heterocycles. The molecule has 2 heterocycles. The van der Waals surface area contributed by atoms with E-state index >= 15 is 0 Å². The zero-order valence-electron chi connectivity index (χ0n) is 20.1. The van der Waals surface area contributed by atoms with Gasteiger partial charge < -0.3 is 15.4 Å². The van der Waals surface area contributed by atoms with Crippen molar-refractivity contribution in [3.63, 3.8) is 0 Å².